The third-order valence-corrected chi connectivity index (χ3v) is 6.30. The SMILES string of the molecule is Cc1csc(COC(=O)N2CCc3ccccc3[C@H]2c2cc(Cl)ccc2OCC(=O)O)n1. The first-order chi connectivity index (χ1) is 15.4. The van der Waals surface area contributed by atoms with Gasteiger partial charge in [0, 0.05) is 28.2 Å². The number of carbonyl (C=O) groups excluding carboxylic acids is 1. The van der Waals surface area contributed by atoms with Gasteiger partial charge in [-0.25, -0.2) is 14.6 Å². The molecule has 3 aromatic rings. The summed E-state index contributed by atoms with van der Waals surface area (Å²) < 4.78 is 11.1. The third kappa shape index (κ3) is 4.87. The maximum absolute atomic E-state index is 13.1. The van der Waals surface area contributed by atoms with Crippen LogP contribution in [0, 0.1) is 6.92 Å². The van der Waals surface area contributed by atoms with Gasteiger partial charge in [-0.3, -0.25) is 4.90 Å². The van der Waals surface area contributed by atoms with E-state index < -0.39 is 24.7 Å². The second kappa shape index (κ2) is 9.58. The molecule has 0 radical (unpaired) electrons. The first-order valence-corrected chi connectivity index (χ1v) is 11.2. The van der Waals surface area contributed by atoms with E-state index in [4.69, 9.17) is 26.2 Å². The van der Waals surface area contributed by atoms with E-state index in [1.165, 1.54) is 11.3 Å². The maximum Gasteiger partial charge on any atom is 0.410 e. The van der Waals surface area contributed by atoms with Gasteiger partial charge in [0.05, 0.1) is 6.04 Å². The van der Waals surface area contributed by atoms with Crippen molar-refractivity contribution in [1.29, 1.82) is 0 Å². The molecule has 0 spiro atoms. The van der Waals surface area contributed by atoms with Gasteiger partial charge in [-0.2, -0.15) is 0 Å². The molecule has 1 amide bonds. The second-order valence-electron chi connectivity index (χ2n) is 7.35. The summed E-state index contributed by atoms with van der Waals surface area (Å²) in [7, 11) is 0. The summed E-state index contributed by atoms with van der Waals surface area (Å²) in [5.41, 5.74) is 3.50. The number of carboxylic acid groups (broad SMARTS) is 1. The molecular weight excluding hydrogens is 452 g/mol. The van der Waals surface area contributed by atoms with Crippen LogP contribution >= 0.6 is 22.9 Å². The number of benzene rings is 2. The van der Waals surface area contributed by atoms with Crippen LogP contribution in [0.25, 0.3) is 0 Å². The lowest BCUT2D eigenvalue weighted by atomic mass is 9.88. The van der Waals surface area contributed by atoms with Crippen LogP contribution < -0.4 is 4.74 Å². The fraction of sp³-hybridized carbons (Fsp3) is 0.261. The van der Waals surface area contributed by atoms with Crippen molar-refractivity contribution in [2.75, 3.05) is 13.2 Å². The number of ether oxygens (including phenoxy) is 2. The molecule has 0 saturated heterocycles. The molecule has 0 bridgehead atoms. The Kier molecular flexibility index (Phi) is 6.62. The van der Waals surface area contributed by atoms with Gasteiger partial charge in [0.2, 0.25) is 0 Å². The van der Waals surface area contributed by atoms with Crippen molar-refractivity contribution in [3.63, 3.8) is 0 Å². The van der Waals surface area contributed by atoms with Crippen LogP contribution in [-0.2, 0) is 22.6 Å². The van der Waals surface area contributed by atoms with Gasteiger partial charge in [-0.15, -0.1) is 11.3 Å². The number of hydrogen-bond donors (Lipinski definition) is 1. The number of fused-ring (bicyclic) bond motifs is 1. The van der Waals surface area contributed by atoms with Crippen molar-refractivity contribution in [1.82, 2.24) is 9.88 Å². The minimum Gasteiger partial charge on any atom is -0.482 e. The lowest BCUT2D eigenvalue weighted by molar-refractivity contribution is -0.139. The first kappa shape index (κ1) is 22.1. The number of carbonyl (C=O) groups is 2. The standard InChI is InChI=1S/C23H21ClN2O5S/c1-14-13-32-20(25-14)11-31-23(29)26-9-8-15-4-2-3-5-17(15)22(26)18-10-16(24)6-7-19(18)30-12-21(27)28/h2-7,10,13,22H,8-9,11-12H2,1H3,(H,27,28)/t22-/m0/s1. The summed E-state index contributed by atoms with van der Waals surface area (Å²) in [6, 6.07) is 12.3. The van der Waals surface area contributed by atoms with Crippen molar-refractivity contribution >= 4 is 35.0 Å². The highest BCUT2D eigenvalue weighted by molar-refractivity contribution is 7.09. The van der Waals surface area contributed by atoms with Crippen LogP contribution in [-0.4, -0.2) is 40.2 Å². The Hall–Kier alpha value is -3.10. The van der Waals surface area contributed by atoms with E-state index in [1.807, 2.05) is 36.6 Å². The topological polar surface area (TPSA) is 89.0 Å². The normalized spacial score (nSPS) is 15.2. The van der Waals surface area contributed by atoms with Crippen LogP contribution in [0.15, 0.2) is 47.8 Å². The molecule has 1 aliphatic heterocycles. The van der Waals surface area contributed by atoms with Crippen LogP contribution in [0.4, 0.5) is 4.79 Å². The summed E-state index contributed by atoms with van der Waals surface area (Å²) in [4.78, 5) is 30.2. The van der Waals surface area contributed by atoms with Crippen molar-refractivity contribution < 1.29 is 24.2 Å². The van der Waals surface area contributed by atoms with Crippen molar-refractivity contribution in [3.05, 3.63) is 80.3 Å². The molecule has 2 heterocycles. The average Bonchev–Trinajstić information content (AvgIpc) is 3.20. The molecular formula is C23H21ClN2O5S. The number of amides is 1. The average molecular weight is 473 g/mol. The van der Waals surface area contributed by atoms with Crippen molar-refractivity contribution in [3.8, 4) is 5.75 Å². The summed E-state index contributed by atoms with van der Waals surface area (Å²) in [6.07, 6.45) is 0.186. The molecule has 0 unspecified atom stereocenters. The molecule has 1 aromatic heterocycles. The largest absolute Gasteiger partial charge is 0.482 e. The number of aryl methyl sites for hydroxylation is 1. The van der Waals surface area contributed by atoms with Gasteiger partial charge in [-0.05, 0) is 42.7 Å². The smallest absolute Gasteiger partial charge is 0.410 e. The minimum absolute atomic E-state index is 0.0835. The monoisotopic (exact) mass is 472 g/mol. The summed E-state index contributed by atoms with van der Waals surface area (Å²) in [5.74, 6) is -0.739. The number of hydrogen-bond acceptors (Lipinski definition) is 6. The quantitative estimate of drug-likeness (QED) is 0.551. The summed E-state index contributed by atoms with van der Waals surface area (Å²) in [5, 5.41) is 12.1. The highest BCUT2D eigenvalue weighted by Crippen LogP contribution is 2.40. The molecule has 166 valence electrons. The zero-order valence-electron chi connectivity index (χ0n) is 17.3. The Morgan fingerprint density at radius 3 is 2.81 bits per heavy atom. The van der Waals surface area contributed by atoms with Gasteiger partial charge >= 0.3 is 12.1 Å². The highest BCUT2D eigenvalue weighted by Gasteiger charge is 2.35. The van der Waals surface area contributed by atoms with E-state index in [0.717, 1.165) is 21.8 Å². The fourth-order valence-electron chi connectivity index (χ4n) is 3.78. The number of nitrogens with zero attached hydrogens (tertiary/aromatic N) is 2. The van der Waals surface area contributed by atoms with Crippen LogP contribution in [0.1, 0.15) is 33.4 Å². The van der Waals surface area contributed by atoms with Crippen molar-refractivity contribution in [2.24, 2.45) is 0 Å². The summed E-state index contributed by atoms with van der Waals surface area (Å²) >= 11 is 7.72. The number of aliphatic carboxylic acids is 1. The second-order valence-corrected chi connectivity index (χ2v) is 8.73. The molecule has 4 rings (SSSR count). The van der Waals surface area contributed by atoms with E-state index in [1.54, 1.807) is 23.1 Å². The maximum atomic E-state index is 13.1. The Labute approximate surface area is 194 Å². The van der Waals surface area contributed by atoms with Gasteiger partial charge < -0.3 is 14.6 Å². The molecule has 2 aromatic carbocycles. The van der Waals surface area contributed by atoms with Gasteiger partial charge in [0.1, 0.15) is 17.4 Å². The van der Waals surface area contributed by atoms with Crippen LogP contribution in [0.5, 0.6) is 5.75 Å². The number of rotatable bonds is 6. The zero-order valence-corrected chi connectivity index (χ0v) is 18.9. The van der Waals surface area contributed by atoms with E-state index in [2.05, 4.69) is 4.98 Å². The van der Waals surface area contributed by atoms with Crippen LogP contribution in [0.2, 0.25) is 5.02 Å². The molecule has 0 aliphatic carbocycles. The molecule has 0 fully saturated rings. The lowest BCUT2D eigenvalue weighted by Gasteiger charge is -2.37. The van der Waals surface area contributed by atoms with Gasteiger partial charge in [0.15, 0.2) is 6.61 Å². The highest BCUT2D eigenvalue weighted by atomic mass is 35.5. The molecule has 9 heteroatoms. The molecule has 7 nitrogen and oxygen atoms in total. The first-order valence-electron chi connectivity index (χ1n) is 9.98. The number of aromatic nitrogens is 1. The molecule has 1 aliphatic rings. The van der Waals surface area contributed by atoms with Gasteiger partial charge in [-0.1, -0.05) is 35.9 Å². The van der Waals surface area contributed by atoms with Crippen molar-refractivity contribution in [2.45, 2.75) is 26.0 Å². The van der Waals surface area contributed by atoms with Gasteiger partial charge in [0.25, 0.3) is 0 Å². The lowest BCUT2D eigenvalue weighted by Crippen LogP contribution is -2.41. The fourth-order valence-corrected chi connectivity index (χ4v) is 4.64. The number of thiazole rings is 1. The van der Waals surface area contributed by atoms with Crippen LogP contribution in [0.3, 0.4) is 0 Å². The minimum atomic E-state index is -1.09. The molecule has 1 N–H and O–H groups in total. The Bertz CT molecular complexity index is 1150. The van der Waals surface area contributed by atoms with E-state index in [9.17, 15) is 9.59 Å². The predicted octanol–water partition coefficient (Wildman–Crippen LogP) is 4.85. The molecule has 1 atom stereocenters. The predicted molar refractivity (Wildman–Crippen MR) is 120 cm³/mol. The molecule has 0 saturated carbocycles. The van der Waals surface area contributed by atoms with E-state index in [-0.39, 0.29) is 6.61 Å². The Morgan fingerprint density at radius 2 is 2.06 bits per heavy atom. The Morgan fingerprint density at radius 1 is 1.25 bits per heavy atom. The third-order valence-electron chi connectivity index (χ3n) is 5.12. The summed E-state index contributed by atoms with van der Waals surface area (Å²) in [6.45, 7) is 1.90. The van der Waals surface area contributed by atoms with E-state index >= 15 is 0 Å². The Balaban J connectivity index is 1.69. The number of carboxylic acids is 1. The number of halogens is 1. The molecule has 32 heavy (non-hydrogen) atoms. The van der Waals surface area contributed by atoms with E-state index in [0.29, 0.717) is 29.3 Å². The zero-order chi connectivity index (χ0) is 22.7.